The minimum Gasteiger partial charge on any atom is -0.360 e. The van der Waals surface area contributed by atoms with Gasteiger partial charge in [-0.05, 0) is 12.8 Å². The third-order valence-corrected chi connectivity index (χ3v) is 2.90. The number of nitrogens with zero attached hydrogens (tertiary/aromatic N) is 1. The summed E-state index contributed by atoms with van der Waals surface area (Å²) in [5.74, 6) is 0.377. The van der Waals surface area contributed by atoms with Crippen LogP contribution >= 0.6 is 0 Å². The van der Waals surface area contributed by atoms with Gasteiger partial charge in [0.15, 0.2) is 5.69 Å². The largest absolute Gasteiger partial charge is 0.360 e. The Morgan fingerprint density at radius 2 is 2.12 bits per heavy atom. The molecule has 0 radical (unpaired) electrons. The fraction of sp³-hybridized carbons (Fsp3) is 0.667. The monoisotopic (exact) mass is 242 g/mol. The van der Waals surface area contributed by atoms with Gasteiger partial charge in [-0.2, -0.15) is 0 Å². The molecule has 17 heavy (non-hydrogen) atoms. The first-order valence-corrected chi connectivity index (χ1v) is 5.85. The molecule has 1 N–H and O–H groups in total. The molecule has 0 saturated heterocycles. The Hall–Kier alpha value is -1.39. The molecule has 96 valence electrons. The van der Waals surface area contributed by atoms with E-state index < -0.39 is 6.67 Å². The molecule has 1 aromatic heterocycles. The van der Waals surface area contributed by atoms with Gasteiger partial charge in [0, 0.05) is 12.5 Å². The predicted molar refractivity (Wildman–Crippen MR) is 62.5 cm³/mol. The average molecular weight is 242 g/mol. The summed E-state index contributed by atoms with van der Waals surface area (Å²) < 4.78 is 17.8. The molecule has 1 atom stereocenters. The topological polar surface area (TPSA) is 55.1 Å². The zero-order chi connectivity index (χ0) is 13.0. The van der Waals surface area contributed by atoms with Crippen molar-refractivity contribution in [2.75, 3.05) is 0 Å². The molecule has 4 nitrogen and oxygen atoms in total. The summed E-state index contributed by atoms with van der Waals surface area (Å²) >= 11 is 0. The number of rotatable bonds is 5. The number of hydrogen-bond acceptors (Lipinski definition) is 3. The maximum absolute atomic E-state index is 12.8. The summed E-state index contributed by atoms with van der Waals surface area (Å²) in [5.41, 5.74) is 0.331. The van der Waals surface area contributed by atoms with Crippen LogP contribution in [0.25, 0.3) is 0 Å². The summed E-state index contributed by atoms with van der Waals surface area (Å²) in [7, 11) is 0. The van der Waals surface area contributed by atoms with Gasteiger partial charge in [0.25, 0.3) is 5.91 Å². The maximum Gasteiger partial charge on any atom is 0.274 e. The van der Waals surface area contributed by atoms with Gasteiger partial charge < -0.3 is 9.84 Å². The number of halogens is 1. The van der Waals surface area contributed by atoms with Gasteiger partial charge >= 0.3 is 0 Å². The summed E-state index contributed by atoms with van der Waals surface area (Å²) in [6, 6.07) is 0.0109. The third kappa shape index (κ3) is 3.05. The number of hydrogen-bond donors (Lipinski definition) is 1. The van der Waals surface area contributed by atoms with Gasteiger partial charge in [0.1, 0.15) is 12.4 Å². The van der Waals surface area contributed by atoms with E-state index in [1.54, 1.807) is 0 Å². The minimum absolute atomic E-state index is 0.0109. The molecule has 0 aliphatic heterocycles. The van der Waals surface area contributed by atoms with Gasteiger partial charge in [-0.25, -0.2) is 4.39 Å². The van der Waals surface area contributed by atoms with Gasteiger partial charge in [0.2, 0.25) is 0 Å². The highest BCUT2D eigenvalue weighted by Crippen LogP contribution is 2.16. The Morgan fingerprint density at radius 1 is 1.47 bits per heavy atom. The smallest absolute Gasteiger partial charge is 0.274 e. The first-order chi connectivity index (χ1) is 8.01. The lowest BCUT2D eigenvalue weighted by atomic mass is 10.1. The Morgan fingerprint density at radius 3 is 2.59 bits per heavy atom. The summed E-state index contributed by atoms with van der Waals surface area (Å²) in [6.07, 6.45) is 0.527. The van der Waals surface area contributed by atoms with E-state index in [0.717, 1.165) is 0 Å². The van der Waals surface area contributed by atoms with Gasteiger partial charge in [0.05, 0.1) is 5.56 Å². The zero-order valence-corrected chi connectivity index (χ0v) is 10.7. The van der Waals surface area contributed by atoms with Gasteiger partial charge in [-0.1, -0.05) is 25.9 Å². The number of nitrogens with one attached hydrogen (secondary N) is 1. The predicted octanol–water partition coefficient (Wildman–Crippen LogP) is 2.48. The summed E-state index contributed by atoms with van der Waals surface area (Å²) in [6.45, 7) is 7.00. The van der Waals surface area contributed by atoms with Gasteiger partial charge in [-0.15, -0.1) is 0 Å². The van der Waals surface area contributed by atoms with Crippen molar-refractivity contribution in [3.63, 3.8) is 0 Å². The molecule has 0 aliphatic rings. The van der Waals surface area contributed by atoms with Crippen molar-refractivity contribution in [1.82, 2.24) is 10.5 Å². The van der Waals surface area contributed by atoms with Crippen molar-refractivity contribution in [3.05, 3.63) is 17.0 Å². The molecule has 0 saturated carbocycles. The highest BCUT2D eigenvalue weighted by molar-refractivity contribution is 5.93. The van der Waals surface area contributed by atoms with Crippen LogP contribution < -0.4 is 5.32 Å². The van der Waals surface area contributed by atoms with Crippen molar-refractivity contribution in [2.24, 2.45) is 5.92 Å². The molecule has 0 fully saturated rings. The number of carbonyl (C=O) groups excluding carboxylic acids is 1. The number of alkyl halides is 1. The molecule has 1 heterocycles. The fourth-order valence-electron chi connectivity index (χ4n) is 1.38. The van der Waals surface area contributed by atoms with Crippen molar-refractivity contribution >= 4 is 5.91 Å². The second-order valence-corrected chi connectivity index (χ2v) is 4.43. The summed E-state index contributed by atoms with van der Waals surface area (Å²) in [5, 5.41) is 6.42. The number of aromatic nitrogens is 1. The van der Waals surface area contributed by atoms with E-state index in [4.69, 9.17) is 4.52 Å². The number of aryl methyl sites for hydroxylation is 1. The number of amides is 1. The molecule has 0 aliphatic carbocycles. The van der Waals surface area contributed by atoms with Crippen LogP contribution in [0.4, 0.5) is 4.39 Å². The lowest BCUT2D eigenvalue weighted by Crippen LogP contribution is -2.36. The van der Waals surface area contributed by atoms with Crippen molar-refractivity contribution < 1.29 is 13.7 Å². The molecule has 1 aromatic rings. The lowest BCUT2D eigenvalue weighted by molar-refractivity contribution is 0.0919. The molecule has 1 unspecified atom stereocenters. The number of carbonyl (C=O) groups is 1. The van der Waals surface area contributed by atoms with Crippen LogP contribution in [0.5, 0.6) is 0 Å². The Balaban J connectivity index is 2.85. The molecule has 0 aromatic carbocycles. The molecule has 1 rings (SSSR count). The van der Waals surface area contributed by atoms with Crippen LogP contribution in [0, 0.1) is 5.92 Å². The minimum atomic E-state index is -0.731. The molecule has 0 spiro atoms. The van der Waals surface area contributed by atoms with Crippen LogP contribution in [0.3, 0.4) is 0 Å². The first-order valence-electron chi connectivity index (χ1n) is 5.85. The zero-order valence-electron chi connectivity index (χ0n) is 10.7. The average Bonchev–Trinajstić information content (AvgIpc) is 2.71. The Kier molecular flexibility index (Phi) is 4.66. The molecule has 5 heteroatoms. The van der Waals surface area contributed by atoms with Gasteiger partial charge in [-0.3, -0.25) is 4.79 Å². The van der Waals surface area contributed by atoms with E-state index >= 15 is 0 Å². The lowest BCUT2D eigenvalue weighted by Gasteiger charge is -2.16. The third-order valence-electron chi connectivity index (χ3n) is 2.90. The molecular formula is C12H19FN2O2. The van der Waals surface area contributed by atoms with E-state index in [2.05, 4.69) is 10.5 Å². The second-order valence-electron chi connectivity index (χ2n) is 4.43. The fourth-order valence-corrected chi connectivity index (χ4v) is 1.38. The van der Waals surface area contributed by atoms with E-state index in [0.29, 0.717) is 18.1 Å². The first kappa shape index (κ1) is 13.7. The highest BCUT2D eigenvalue weighted by Gasteiger charge is 2.22. The quantitative estimate of drug-likeness (QED) is 0.863. The Bertz CT molecular complexity index is 388. The summed E-state index contributed by atoms with van der Waals surface area (Å²) in [4.78, 5) is 11.9. The van der Waals surface area contributed by atoms with Crippen LogP contribution in [0.1, 0.15) is 49.5 Å². The maximum atomic E-state index is 12.8. The van der Waals surface area contributed by atoms with Crippen LogP contribution in [0.15, 0.2) is 4.52 Å². The van der Waals surface area contributed by atoms with Crippen LogP contribution in [-0.2, 0) is 13.1 Å². The van der Waals surface area contributed by atoms with Crippen LogP contribution in [0.2, 0.25) is 0 Å². The normalized spacial score (nSPS) is 12.8. The molecule has 0 bridgehead atoms. The molecule has 1 amide bonds. The van der Waals surface area contributed by atoms with E-state index in [1.165, 1.54) is 0 Å². The highest BCUT2D eigenvalue weighted by atomic mass is 19.1. The second kappa shape index (κ2) is 5.80. The molecular weight excluding hydrogens is 223 g/mol. The van der Waals surface area contributed by atoms with E-state index in [-0.39, 0.29) is 23.2 Å². The van der Waals surface area contributed by atoms with E-state index in [1.807, 2.05) is 27.7 Å². The van der Waals surface area contributed by atoms with Crippen LogP contribution in [-0.4, -0.2) is 17.1 Å². The van der Waals surface area contributed by atoms with Crippen molar-refractivity contribution in [1.29, 1.82) is 0 Å². The Labute approximate surface area is 101 Å². The van der Waals surface area contributed by atoms with E-state index in [9.17, 15) is 9.18 Å². The van der Waals surface area contributed by atoms with Crippen molar-refractivity contribution in [2.45, 2.75) is 46.8 Å². The standard InChI is InChI=1S/C12H19FN2O2/c1-5-10-9(6-13)11(15-17-10)12(16)14-8(4)7(2)3/h7-8H,5-6H2,1-4H3,(H,14,16). The SMILES string of the molecule is CCc1onc(C(=O)NC(C)C(C)C)c1CF. The van der Waals surface area contributed by atoms with Crippen molar-refractivity contribution in [3.8, 4) is 0 Å².